The van der Waals surface area contributed by atoms with E-state index in [1.165, 1.54) is 17.5 Å². The summed E-state index contributed by atoms with van der Waals surface area (Å²) in [7, 11) is 1.71. The van der Waals surface area contributed by atoms with Gasteiger partial charge in [0.25, 0.3) is 0 Å². The van der Waals surface area contributed by atoms with Crippen LogP contribution in [0, 0.1) is 0 Å². The van der Waals surface area contributed by atoms with Crippen LogP contribution in [0.1, 0.15) is 30.0 Å². The number of benzene rings is 2. The smallest absolute Gasteiger partial charge is 0.119 e. The van der Waals surface area contributed by atoms with Crippen LogP contribution < -0.4 is 10.1 Å². The Morgan fingerprint density at radius 2 is 2.10 bits per heavy atom. The number of halogens is 1. The molecule has 104 valence electrons. The standard InChI is InChI=1S/C17H18ClNO/c1-20-15-9-8-12-4-2-7-17(16(12)11-15)19-14-6-3-5-13(18)10-14/h3,5-6,8-11,17,19H,2,4,7H2,1H3. The molecule has 1 atom stereocenters. The predicted molar refractivity (Wildman–Crippen MR) is 83.7 cm³/mol. The highest BCUT2D eigenvalue weighted by Crippen LogP contribution is 2.35. The lowest BCUT2D eigenvalue weighted by atomic mass is 9.87. The Balaban J connectivity index is 1.89. The Labute approximate surface area is 124 Å². The van der Waals surface area contributed by atoms with Gasteiger partial charge >= 0.3 is 0 Å². The van der Waals surface area contributed by atoms with Gasteiger partial charge in [-0.15, -0.1) is 0 Å². The molecule has 20 heavy (non-hydrogen) atoms. The molecule has 0 aromatic heterocycles. The number of rotatable bonds is 3. The van der Waals surface area contributed by atoms with Crippen molar-refractivity contribution in [3.05, 3.63) is 58.6 Å². The fourth-order valence-electron chi connectivity index (χ4n) is 2.83. The van der Waals surface area contributed by atoms with E-state index in [1.54, 1.807) is 7.11 Å². The van der Waals surface area contributed by atoms with Crippen molar-refractivity contribution in [3.63, 3.8) is 0 Å². The Bertz CT molecular complexity index is 612. The lowest BCUT2D eigenvalue weighted by molar-refractivity contribution is 0.413. The number of aryl methyl sites for hydroxylation is 1. The maximum atomic E-state index is 6.05. The van der Waals surface area contributed by atoms with Crippen LogP contribution in [0.2, 0.25) is 5.02 Å². The number of hydrogen-bond acceptors (Lipinski definition) is 2. The van der Waals surface area contributed by atoms with Gasteiger partial charge in [-0.2, -0.15) is 0 Å². The van der Waals surface area contributed by atoms with Crippen LogP contribution in [0.5, 0.6) is 5.75 Å². The fourth-order valence-corrected chi connectivity index (χ4v) is 3.02. The first-order valence-corrected chi connectivity index (χ1v) is 7.33. The first-order chi connectivity index (χ1) is 9.76. The lowest BCUT2D eigenvalue weighted by Gasteiger charge is -2.27. The summed E-state index contributed by atoms with van der Waals surface area (Å²) in [5.41, 5.74) is 3.82. The minimum absolute atomic E-state index is 0.326. The van der Waals surface area contributed by atoms with E-state index in [0.717, 1.165) is 29.3 Å². The van der Waals surface area contributed by atoms with Crippen LogP contribution in [0.3, 0.4) is 0 Å². The van der Waals surface area contributed by atoms with Gasteiger partial charge in [0.2, 0.25) is 0 Å². The quantitative estimate of drug-likeness (QED) is 0.872. The average molecular weight is 288 g/mol. The highest BCUT2D eigenvalue weighted by molar-refractivity contribution is 6.30. The van der Waals surface area contributed by atoms with E-state index in [9.17, 15) is 0 Å². The fraction of sp³-hybridized carbons (Fsp3) is 0.294. The normalized spacial score (nSPS) is 17.4. The Morgan fingerprint density at radius 1 is 1.20 bits per heavy atom. The number of hydrogen-bond donors (Lipinski definition) is 1. The number of methoxy groups -OCH3 is 1. The van der Waals surface area contributed by atoms with Crippen LogP contribution in [0.15, 0.2) is 42.5 Å². The molecule has 1 aliphatic carbocycles. The first-order valence-electron chi connectivity index (χ1n) is 6.95. The second-order valence-electron chi connectivity index (χ2n) is 5.16. The number of fused-ring (bicyclic) bond motifs is 1. The summed E-state index contributed by atoms with van der Waals surface area (Å²) in [6.45, 7) is 0. The van der Waals surface area contributed by atoms with Crippen molar-refractivity contribution in [2.24, 2.45) is 0 Å². The molecular formula is C17H18ClNO. The van der Waals surface area contributed by atoms with Crippen molar-refractivity contribution in [1.29, 1.82) is 0 Å². The number of nitrogens with one attached hydrogen (secondary N) is 1. The van der Waals surface area contributed by atoms with Gasteiger partial charge in [0, 0.05) is 10.7 Å². The van der Waals surface area contributed by atoms with Gasteiger partial charge in [-0.05, 0) is 60.7 Å². The van der Waals surface area contributed by atoms with E-state index in [4.69, 9.17) is 16.3 Å². The Kier molecular flexibility index (Phi) is 3.83. The summed E-state index contributed by atoms with van der Waals surface area (Å²) in [6.07, 6.45) is 3.48. The molecule has 0 heterocycles. The highest BCUT2D eigenvalue weighted by Gasteiger charge is 2.20. The van der Waals surface area contributed by atoms with Crippen molar-refractivity contribution in [1.82, 2.24) is 0 Å². The summed E-state index contributed by atoms with van der Waals surface area (Å²) >= 11 is 6.05. The van der Waals surface area contributed by atoms with E-state index in [2.05, 4.69) is 23.5 Å². The van der Waals surface area contributed by atoms with Crippen molar-refractivity contribution in [2.45, 2.75) is 25.3 Å². The zero-order valence-electron chi connectivity index (χ0n) is 11.5. The van der Waals surface area contributed by atoms with E-state index < -0.39 is 0 Å². The van der Waals surface area contributed by atoms with Gasteiger partial charge in [-0.3, -0.25) is 0 Å². The maximum absolute atomic E-state index is 6.05. The van der Waals surface area contributed by atoms with Gasteiger partial charge in [-0.1, -0.05) is 23.7 Å². The third-order valence-corrected chi connectivity index (χ3v) is 4.07. The molecule has 0 bridgehead atoms. The third-order valence-electron chi connectivity index (χ3n) is 3.83. The molecule has 2 nitrogen and oxygen atoms in total. The molecule has 3 rings (SSSR count). The molecule has 0 radical (unpaired) electrons. The zero-order chi connectivity index (χ0) is 13.9. The molecule has 0 amide bonds. The van der Waals surface area contributed by atoms with Crippen molar-refractivity contribution in [2.75, 3.05) is 12.4 Å². The van der Waals surface area contributed by atoms with Crippen LogP contribution in [-0.2, 0) is 6.42 Å². The van der Waals surface area contributed by atoms with E-state index >= 15 is 0 Å². The molecule has 3 heteroatoms. The first kappa shape index (κ1) is 13.3. The molecule has 1 unspecified atom stereocenters. The van der Waals surface area contributed by atoms with Gasteiger partial charge in [0.15, 0.2) is 0 Å². The summed E-state index contributed by atoms with van der Waals surface area (Å²) in [6, 6.07) is 14.6. The Hall–Kier alpha value is -1.67. The SMILES string of the molecule is COc1ccc2c(c1)C(Nc1cccc(Cl)c1)CCC2. The van der Waals surface area contributed by atoms with Crippen molar-refractivity contribution < 1.29 is 4.74 Å². The summed E-state index contributed by atoms with van der Waals surface area (Å²) in [4.78, 5) is 0. The molecule has 0 saturated heterocycles. The maximum Gasteiger partial charge on any atom is 0.119 e. The van der Waals surface area contributed by atoms with E-state index in [0.29, 0.717) is 6.04 Å². The molecule has 0 aliphatic heterocycles. The van der Waals surface area contributed by atoms with Crippen LogP contribution >= 0.6 is 11.6 Å². The van der Waals surface area contributed by atoms with Gasteiger partial charge in [0.05, 0.1) is 13.2 Å². The lowest BCUT2D eigenvalue weighted by Crippen LogP contribution is -2.17. The van der Waals surface area contributed by atoms with Gasteiger partial charge in [0.1, 0.15) is 5.75 Å². The van der Waals surface area contributed by atoms with Gasteiger partial charge in [-0.25, -0.2) is 0 Å². The summed E-state index contributed by atoms with van der Waals surface area (Å²) in [5, 5.41) is 4.35. The largest absolute Gasteiger partial charge is 0.497 e. The summed E-state index contributed by atoms with van der Waals surface area (Å²) < 4.78 is 5.35. The molecule has 0 saturated carbocycles. The van der Waals surface area contributed by atoms with Crippen LogP contribution in [0.25, 0.3) is 0 Å². The molecule has 1 aliphatic rings. The molecule has 0 fully saturated rings. The third kappa shape index (κ3) is 2.75. The molecule has 2 aromatic carbocycles. The minimum Gasteiger partial charge on any atom is -0.497 e. The second kappa shape index (κ2) is 5.76. The van der Waals surface area contributed by atoms with Gasteiger partial charge < -0.3 is 10.1 Å². The van der Waals surface area contributed by atoms with E-state index in [1.807, 2.05) is 24.3 Å². The van der Waals surface area contributed by atoms with Crippen LogP contribution in [-0.4, -0.2) is 7.11 Å². The zero-order valence-corrected chi connectivity index (χ0v) is 12.3. The number of anilines is 1. The molecular weight excluding hydrogens is 270 g/mol. The molecule has 0 spiro atoms. The van der Waals surface area contributed by atoms with Crippen LogP contribution in [0.4, 0.5) is 5.69 Å². The monoisotopic (exact) mass is 287 g/mol. The summed E-state index contributed by atoms with van der Waals surface area (Å²) in [5.74, 6) is 0.920. The topological polar surface area (TPSA) is 21.3 Å². The van der Waals surface area contributed by atoms with E-state index in [-0.39, 0.29) is 0 Å². The second-order valence-corrected chi connectivity index (χ2v) is 5.60. The average Bonchev–Trinajstić information content (AvgIpc) is 2.47. The molecule has 1 N–H and O–H groups in total. The number of ether oxygens (including phenoxy) is 1. The predicted octanol–water partition coefficient (Wildman–Crippen LogP) is 4.84. The highest BCUT2D eigenvalue weighted by atomic mass is 35.5. The van der Waals surface area contributed by atoms with Crippen molar-refractivity contribution >= 4 is 17.3 Å². The Morgan fingerprint density at radius 3 is 2.90 bits per heavy atom. The minimum atomic E-state index is 0.326. The molecule has 2 aromatic rings. The van der Waals surface area contributed by atoms with Crippen molar-refractivity contribution in [3.8, 4) is 5.75 Å².